The van der Waals surface area contributed by atoms with Crippen molar-refractivity contribution in [3.63, 3.8) is 0 Å². The van der Waals surface area contributed by atoms with Crippen LogP contribution in [0, 0.1) is 0 Å². The third kappa shape index (κ3) is 6.42. The predicted octanol–water partition coefficient (Wildman–Crippen LogP) is 1.25. The molecule has 0 aromatic heterocycles. The highest BCUT2D eigenvalue weighted by Crippen LogP contribution is 2.09. The van der Waals surface area contributed by atoms with Crippen LogP contribution in [-0.4, -0.2) is 31.1 Å². The molecule has 0 aliphatic rings. The molecule has 0 saturated carbocycles. The zero-order valence-corrected chi connectivity index (χ0v) is 11.8. The maximum atomic E-state index is 11.8. The van der Waals surface area contributed by atoms with Gasteiger partial charge in [0.25, 0.3) is 5.91 Å². The van der Waals surface area contributed by atoms with Gasteiger partial charge in [-0.05, 0) is 37.6 Å². The first-order valence-electron chi connectivity index (χ1n) is 6.63. The van der Waals surface area contributed by atoms with Crippen molar-refractivity contribution >= 4 is 23.6 Å². The first kappa shape index (κ1) is 16.5. The van der Waals surface area contributed by atoms with Gasteiger partial charge in [0.2, 0.25) is 0 Å². The highest BCUT2D eigenvalue weighted by Gasteiger charge is 2.06. The number of primary amides is 1. The molecule has 0 atom stereocenters. The number of hydrogen-bond acceptors (Lipinski definition) is 4. The Bertz CT molecular complexity index is 499. The Morgan fingerprint density at radius 3 is 2.43 bits per heavy atom. The average Bonchev–Trinajstić information content (AvgIpc) is 2.44. The molecule has 0 aliphatic carbocycles. The standard InChI is InChI=1S/C14H19N3O4/c1-2-21-12(18)4-3-9-16-13(19)10-5-7-11(8-6-10)17-14(15)20/h5-8H,2-4,9H2,1H3,(H,16,19)(H3,15,17,20). The molecule has 4 N–H and O–H groups in total. The van der Waals surface area contributed by atoms with Crippen LogP contribution in [0.4, 0.5) is 10.5 Å². The smallest absolute Gasteiger partial charge is 0.316 e. The molecule has 114 valence electrons. The van der Waals surface area contributed by atoms with E-state index in [-0.39, 0.29) is 18.3 Å². The Morgan fingerprint density at radius 1 is 1.19 bits per heavy atom. The van der Waals surface area contributed by atoms with Gasteiger partial charge in [-0.3, -0.25) is 9.59 Å². The minimum absolute atomic E-state index is 0.246. The molecule has 7 heteroatoms. The number of hydrogen-bond donors (Lipinski definition) is 3. The van der Waals surface area contributed by atoms with Crippen LogP contribution in [-0.2, 0) is 9.53 Å². The molecule has 0 radical (unpaired) electrons. The maximum Gasteiger partial charge on any atom is 0.316 e. The summed E-state index contributed by atoms with van der Waals surface area (Å²) in [5, 5.41) is 5.10. The molecule has 21 heavy (non-hydrogen) atoms. The number of urea groups is 1. The second-order valence-corrected chi connectivity index (χ2v) is 4.23. The number of benzene rings is 1. The lowest BCUT2D eigenvalue weighted by atomic mass is 10.2. The number of rotatable bonds is 7. The van der Waals surface area contributed by atoms with Crippen molar-refractivity contribution in [1.29, 1.82) is 0 Å². The van der Waals surface area contributed by atoms with Crippen molar-refractivity contribution in [3.8, 4) is 0 Å². The summed E-state index contributed by atoms with van der Waals surface area (Å²) < 4.78 is 4.78. The van der Waals surface area contributed by atoms with Gasteiger partial charge in [0.15, 0.2) is 0 Å². The Hall–Kier alpha value is -2.57. The molecule has 3 amide bonds. The summed E-state index contributed by atoms with van der Waals surface area (Å²) in [6.45, 7) is 2.49. The molecule has 0 spiro atoms. The third-order valence-corrected chi connectivity index (χ3v) is 2.56. The fourth-order valence-corrected chi connectivity index (χ4v) is 1.62. The zero-order valence-electron chi connectivity index (χ0n) is 11.8. The van der Waals surface area contributed by atoms with E-state index in [4.69, 9.17) is 10.5 Å². The van der Waals surface area contributed by atoms with Gasteiger partial charge in [0.1, 0.15) is 0 Å². The van der Waals surface area contributed by atoms with Crippen molar-refractivity contribution in [1.82, 2.24) is 5.32 Å². The molecule has 1 aromatic carbocycles. The van der Waals surface area contributed by atoms with E-state index in [1.54, 1.807) is 31.2 Å². The van der Waals surface area contributed by atoms with Crippen LogP contribution in [0.2, 0.25) is 0 Å². The first-order valence-corrected chi connectivity index (χ1v) is 6.63. The Kier molecular flexibility index (Phi) is 6.73. The van der Waals surface area contributed by atoms with E-state index in [1.165, 1.54) is 0 Å². The number of ether oxygens (including phenoxy) is 1. The van der Waals surface area contributed by atoms with Crippen molar-refractivity contribution < 1.29 is 19.1 Å². The fourth-order valence-electron chi connectivity index (χ4n) is 1.62. The summed E-state index contributed by atoms with van der Waals surface area (Å²) in [6, 6.07) is 5.65. The van der Waals surface area contributed by atoms with Gasteiger partial charge in [-0.25, -0.2) is 4.79 Å². The lowest BCUT2D eigenvalue weighted by Crippen LogP contribution is -2.25. The SMILES string of the molecule is CCOC(=O)CCCNC(=O)c1ccc(NC(N)=O)cc1. The third-order valence-electron chi connectivity index (χ3n) is 2.56. The molecule has 0 bridgehead atoms. The Balaban J connectivity index is 2.35. The van der Waals surface area contributed by atoms with Crippen LogP contribution in [0.3, 0.4) is 0 Å². The van der Waals surface area contributed by atoms with Crippen LogP contribution < -0.4 is 16.4 Å². The van der Waals surface area contributed by atoms with E-state index >= 15 is 0 Å². The lowest BCUT2D eigenvalue weighted by Gasteiger charge is -2.06. The molecule has 1 rings (SSSR count). The number of amides is 3. The topological polar surface area (TPSA) is 111 Å². The monoisotopic (exact) mass is 293 g/mol. The normalized spacial score (nSPS) is 9.76. The molecule has 1 aromatic rings. The molecule has 0 saturated heterocycles. The predicted molar refractivity (Wildman–Crippen MR) is 77.8 cm³/mol. The summed E-state index contributed by atoms with van der Waals surface area (Å²) in [5.74, 6) is -0.516. The molecular weight excluding hydrogens is 274 g/mol. The minimum atomic E-state index is -0.661. The summed E-state index contributed by atoms with van der Waals surface area (Å²) in [6.07, 6.45) is 0.793. The van der Waals surface area contributed by atoms with Gasteiger partial charge in [0, 0.05) is 24.2 Å². The number of nitrogens with two attached hydrogens (primary N) is 1. The Labute approximate surface area is 122 Å². The van der Waals surface area contributed by atoms with E-state index in [0.29, 0.717) is 30.8 Å². The van der Waals surface area contributed by atoms with E-state index in [9.17, 15) is 14.4 Å². The van der Waals surface area contributed by atoms with Crippen LogP contribution in [0.25, 0.3) is 0 Å². The highest BCUT2D eigenvalue weighted by atomic mass is 16.5. The first-order chi connectivity index (χ1) is 10.0. The number of carbonyl (C=O) groups is 3. The second kappa shape index (κ2) is 8.57. The zero-order chi connectivity index (χ0) is 15.7. The fraction of sp³-hybridized carbons (Fsp3) is 0.357. The van der Waals surface area contributed by atoms with Gasteiger partial charge < -0.3 is 21.1 Å². The Morgan fingerprint density at radius 2 is 1.86 bits per heavy atom. The largest absolute Gasteiger partial charge is 0.466 e. The molecule has 0 aliphatic heterocycles. The summed E-state index contributed by atoms with van der Waals surface area (Å²) >= 11 is 0. The number of carbonyl (C=O) groups excluding carboxylic acids is 3. The quantitative estimate of drug-likeness (QED) is 0.519. The van der Waals surface area contributed by atoms with Gasteiger partial charge in [0.05, 0.1) is 6.61 Å². The van der Waals surface area contributed by atoms with Gasteiger partial charge >= 0.3 is 12.0 Å². The summed E-state index contributed by atoms with van der Waals surface area (Å²) in [7, 11) is 0. The number of nitrogens with one attached hydrogen (secondary N) is 2. The van der Waals surface area contributed by atoms with Crippen LogP contribution in [0.5, 0.6) is 0 Å². The molecule has 7 nitrogen and oxygen atoms in total. The average molecular weight is 293 g/mol. The van der Waals surface area contributed by atoms with Gasteiger partial charge in [-0.2, -0.15) is 0 Å². The van der Waals surface area contributed by atoms with E-state index in [0.717, 1.165) is 0 Å². The summed E-state index contributed by atoms with van der Waals surface area (Å²) in [4.78, 5) is 33.6. The molecule has 0 unspecified atom stereocenters. The maximum absolute atomic E-state index is 11.8. The van der Waals surface area contributed by atoms with E-state index < -0.39 is 6.03 Å². The van der Waals surface area contributed by atoms with Crippen LogP contribution in [0.15, 0.2) is 24.3 Å². The van der Waals surface area contributed by atoms with Crippen molar-refractivity contribution in [2.45, 2.75) is 19.8 Å². The number of anilines is 1. The van der Waals surface area contributed by atoms with E-state index in [1.807, 2.05) is 0 Å². The van der Waals surface area contributed by atoms with Crippen molar-refractivity contribution in [3.05, 3.63) is 29.8 Å². The molecule has 0 fully saturated rings. The van der Waals surface area contributed by atoms with Gasteiger partial charge in [-0.15, -0.1) is 0 Å². The van der Waals surface area contributed by atoms with Crippen LogP contribution in [0.1, 0.15) is 30.1 Å². The van der Waals surface area contributed by atoms with Gasteiger partial charge in [-0.1, -0.05) is 0 Å². The minimum Gasteiger partial charge on any atom is -0.466 e. The second-order valence-electron chi connectivity index (χ2n) is 4.23. The van der Waals surface area contributed by atoms with Crippen molar-refractivity contribution in [2.24, 2.45) is 5.73 Å². The lowest BCUT2D eigenvalue weighted by molar-refractivity contribution is -0.143. The highest BCUT2D eigenvalue weighted by molar-refractivity contribution is 5.95. The van der Waals surface area contributed by atoms with Crippen LogP contribution >= 0.6 is 0 Å². The summed E-state index contributed by atoms with van der Waals surface area (Å²) in [5.41, 5.74) is 5.96. The molecule has 0 heterocycles. The van der Waals surface area contributed by atoms with E-state index in [2.05, 4.69) is 10.6 Å². The molecular formula is C14H19N3O4. The van der Waals surface area contributed by atoms with Crippen molar-refractivity contribution in [2.75, 3.05) is 18.5 Å². The number of esters is 1.